The van der Waals surface area contributed by atoms with E-state index in [4.69, 9.17) is 21.7 Å². The Labute approximate surface area is 108 Å². The van der Waals surface area contributed by atoms with Gasteiger partial charge in [-0.15, -0.1) is 0 Å². The first kappa shape index (κ1) is 19.2. The summed E-state index contributed by atoms with van der Waals surface area (Å²) in [7, 11) is 0. The van der Waals surface area contributed by atoms with Crippen LogP contribution in [0.15, 0.2) is 0 Å². The first-order valence-electron chi connectivity index (χ1n) is 6.01. The Morgan fingerprint density at radius 2 is 1.72 bits per heavy atom. The van der Waals surface area contributed by atoms with Gasteiger partial charge in [-0.25, -0.2) is 0 Å². The fourth-order valence-electron chi connectivity index (χ4n) is 1.12. The van der Waals surface area contributed by atoms with Crippen LogP contribution < -0.4 is 11.5 Å². The largest absolute Gasteiger partial charge is 0.481 e. The van der Waals surface area contributed by atoms with Crippen molar-refractivity contribution >= 4 is 11.9 Å². The molecule has 6 N–H and O–H groups in total. The van der Waals surface area contributed by atoms with Gasteiger partial charge in [0.15, 0.2) is 0 Å². The van der Waals surface area contributed by atoms with Crippen LogP contribution in [0, 0.1) is 0 Å². The predicted octanol–water partition coefficient (Wildman–Crippen LogP) is -0.450. The van der Waals surface area contributed by atoms with Gasteiger partial charge >= 0.3 is 11.9 Å². The molecule has 0 fully saturated rings. The topological polar surface area (TPSA) is 130 Å². The molecular formula is C11H25N3O4. The lowest BCUT2D eigenvalue weighted by atomic mass is 10.2. The Morgan fingerprint density at radius 3 is 1.94 bits per heavy atom. The van der Waals surface area contributed by atoms with Gasteiger partial charge in [-0.3, -0.25) is 9.59 Å². The summed E-state index contributed by atoms with van der Waals surface area (Å²) < 4.78 is 0. The molecule has 108 valence electrons. The summed E-state index contributed by atoms with van der Waals surface area (Å²) in [5.74, 6) is -2.20. The molecule has 0 aliphatic heterocycles. The third kappa shape index (κ3) is 12.9. The molecule has 18 heavy (non-hydrogen) atoms. The summed E-state index contributed by atoms with van der Waals surface area (Å²) >= 11 is 0. The number of hydrogen-bond acceptors (Lipinski definition) is 5. The van der Waals surface area contributed by atoms with Crippen LogP contribution in [-0.2, 0) is 9.59 Å². The molecule has 0 aromatic carbocycles. The molecular weight excluding hydrogens is 238 g/mol. The van der Waals surface area contributed by atoms with E-state index in [9.17, 15) is 9.59 Å². The lowest BCUT2D eigenvalue weighted by Crippen LogP contribution is -2.30. The van der Waals surface area contributed by atoms with Gasteiger partial charge in [0.05, 0.1) is 0 Å². The zero-order chi connectivity index (χ0) is 14.6. The number of rotatable bonds is 8. The number of likely N-dealkylation sites (N-methyl/N-ethyl adjacent to an activating group) is 1. The van der Waals surface area contributed by atoms with Crippen molar-refractivity contribution in [2.75, 3.05) is 26.2 Å². The SMILES string of the molecule is CCN(CC)CCN.NC(CCC(=O)O)C(=O)O. The molecule has 1 atom stereocenters. The minimum Gasteiger partial charge on any atom is -0.481 e. The molecule has 0 aliphatic carbocycles. The molecule has 1 unspecified atom stereocenters. The number of hydrogen-bond donors (Lipinski definition) is 4. The normalized spacial score (nSPS) is 11.6. The van der Waals surface area contributed by atoms with Crippen LogP contribution >= 0.6 is 0 Å². The molecule has 0 aromatic rings. The van der Waals surface area contributed by atoms with Gasteiger partial charge in [0, 0.05) is 19.5 Å². The minimum atomic E-state index is -1.17. The molecule has 0 aliphatic rings. The molecule has 0 spiro atoms. The maximum Gasteiger partial charge on any atom is 0.320 e. The number of nitrogens with two attached hydrogens (primary N) is 2. The standard InChI is InChI=1S/C6H16N2.C5H9NO4/c1-3-8(4-2)6-5-7;6-3(5(9)10)1-2-4(7)8/h3-7H2,1-2H3;3H,1-2,6H2,(H,7,8)(H,9,10). The second kappa shape index (κ2) is 12.3. The molecule has 7 heteroatoms. The van der Waals surface area contributed by atoms with Gasteiger partial charge in [0.25, 0.3) is 0 Å². The summed E-state index contributed by atoms with van der Waals surface area (Å²) in [4.78, 5) is 22.2. The van der Waals surface area contributed by atoms with Crippen LogP contribution in [0.3, 0.4) is 0 Å². The molecule has 0 radical (unpaired) electrons. The number of aliphatic carboxylic acids is 2. The molecule has 0 saturated carbocycles. The first-order chi connectivity index (χ1) is 8.38. The van der Waals surface area contributed by atoms with Gasteiger partial charge in [-0.1, -0.05) is 13.8 Å². The summed E-state index contributed by atoms with van der Waals surface area (Å²) in [5.41, 5.74) is 10.3. The van der Waals surface area contributed by atoms with Crippen molar-refractivity contribution in [2.45, 2.75) is 32.7 Å². The Hall–Kier alpha value is -1.18. The van der Waals surface area contributed by atoms with Gasteiger partial charge in [0.1, 0.15) is 6.04 Å². The van der Waals surface area contributed by atoms with Gasteiger partial charge < -0.3 is 26.6 Å². The summed E-state index contributed by atoms with van der Waals surface area (Å²) in [6.45, 7) is 8.36. The zero-order valence-corrected chi connectivity index (χ0v) is 11.1. The van der Waals surface area contributed by atoms with Crippen molar-refractivity contribution in [1.82, 2.24) is 4.90 Å². The van der Waals surface area contributed by atoms with E-state index in [0.29, 0.717) is 0 Å². The molecule has 0 amide bonds. The van der Waals surface area contributed by atoms with E-state index in [1.165, 1.54) is 0 Å². The van der Waals surface area contributed by atoms with Gasteiger partial charge in [0.2, 0.25) is 0 Å². The van der Waals surface area contributed by atoms with E-state index in [-0.39, 0.29) is 12.8 Å². The smallest absolute Gasteiger partial charge is 0.320 e. The maximum absolute atomic E-state index is 9.99. The van der Waals surface area contributed by atoms with E-state index in [1.54, 1.807) is 0 Å². The highest BCUT2D eigenvalue weighted by Gasteiger charge is 2.12. The number of carboxylic acids is 2. The van der Waals surface area contributed by atoms with Crippen LogP contribution in [0.4, 0.5) is 0 Å². The van der Waals surface area contributed by atoms with Crippen molar-refractivity contribution in [3.8, 4) is 0 Å². The summed E-state index contributed by atoms with van der Waals surface area (Å²) in [5, 5.41) is 16.3. The van der Waals surface area contributed by atoms with Crippen molar-refractivity contribution in [2.24, 2.45) is 11.5 Å². The Bertz CT molecular complexity index is 232. The summed E-state index contributed by atoms with van der Waals surface area (Å²) in [6.07, 6.45) is -0.224. The molecule has 0 aromatic heterocycles. The van der Waals surface area contributed by atoms with Crippen molar-refractivity contribution in [1.29, 1.82) is 0 Å². The average molecular weight is 263 g/mol. The van der Waals surface area contributed by atoms with Crippen LogP contribution in [0.1, 0.15) is 26.7 Å². The highest BCUT2D eigenvalue weighted by Crippen LogP contribution is 1.93. The number of nitrogens with zero attached hydrogens (tertiary/aromatic N) is 1. The molecule has 0 bridgehead atoms. The van der Waals surface area contributed by atoms with Crippen LogP contribution in [0.5, 0.6) is 0 Å². The lowest BCUT2D eigenvalue weighted by molar-refractivity contribution is -0.139. The van der Waals surface area contributed by atoms with Crippen LogP contribution in [0.2, 0.25) is 0 Å². The second-order valence-electron chi connectivity index (χ2n) is 3.69. The predicted molar refractivity (Wildman–Crippen MR) is 69.3 cm³/mol. The number of carboxylic acid groups (broad SMARTS) is 2. The van der Waals surface area contributed by atoms with Gasteiger partial charge in [-0.2, -0.15) is 0 Å². The van der Waals surface area contributed by atoms with Crippen LogP contribution in [0.25, 0.3) is 0 Å². The third-order valence-corrected chi connectivity index (χ3v) is 2.33. The Balaban J connectivity index is 0. The third-order valence-electron chi connectivity index (χ3n) is 2.33. The molecule has 0 rings (SSSR count). The Kier molecular flexibility index (Phi) is 13.1. The fourth-order valence-corrected chi connectivity index (χ4v) is 1.12. The lowest BCUT2D eigenvalue weighted by Gasteiger charge is -2.15. The minimum absolute atomic E-state index is 0.0231. The van der Waals surface area contributed by atoms with Crippen molar-refractivity contribution in [3.63, 3.8) is 0 Å². The average Bonchev–Trinajstić information content (AvgIpc) is 2.33. The quantitative estimate of drug-likeness (QED) is 0.466. The highest BCUT2D eigenvalue weighted by molar-refractivity contribution is 5.74. The van der Waals surface area contributed by atoms with Crippen molar-refractivity contribution < 1.29 is 19.8 Å². The molecule has 0 saturated heterocycles. The van der Waals surface area contributed by atoms with E-state index in [1.807, 2.05) is 0 Å². The van der Waals surface area contributed by atoms with E-state index < -0.39 is 18.0 Å². The number of carbonyl (C=O) groups is 2. The summed E-state index contributed by atoms with van der Waals surface area (Å²) in [6, 6.07) is -1.06. The highest BCUT2D eigenvalue weighted by atomic mass is 16.4. The van der Waals surface area contributed by atoms with E-state index >= 15 is 0 Å². The van der Waals surface area contributed by atoms with Crippen LogP contribution in [-0.4, -0.2) is 59.3 Å². The molecule has 0 heterocycles. The van der Waals surface area contributed by atoms with Crippen molar-refractivity contribution in [3.05, 3.63) is 0 Å². The fraction of sp³-hybridized carbons (Fsp3) is 0.818. The first-order valence-corrected chi connectivity index (χ1v) is 6.01. The monoisotopic (exact) mass is 263 g/mol. The van der Waals surface area contributed by atoms with E-state index in [0.717, 1.165) is 26.2 Å². The van der Waals surface area contributed by atoms with Gasteiger partial charge in [-0.05, 0) is 19.5 Å². The second-order valence-corrected chi connectivity index (χ2v) is 3.69. The zero-order valence-electron chi connectivity index (χ0n) is 11.1. The van der Waals surface area contributed by atoms with E-state index in [2.05, 4.69) is 18.7 Å². The Morgan fingerprint density at radius 1 is 1.22 bits per heavy atom. The maximum atomic E-state index is 9.99. The molecule has 7 nitrogen and oxygen atoms in total.